The van der Waals surface area contributed by atoms with E-state index in [0.29, 0.717) is 49.8 Å². The molecule has 1 aromatic rings. The lowest BCUT2D eigenvalue weighted by Crippen LogP contribution is -2.48. The van der Waals surface area contributed by atoms with Crippen molar-refractivity contribution < 1.29 is 24.5 Å². The van der Waals surface area contributed by atoms with E-state index in [1.807, 2.05) is 12.1 Å². The summed E-state index contributed by atoms with van der Waals surface area (Å²) in [5.74, 6) is 0.892. The molecule has 1 saturated heterocycles. The van der Waals surface area contributed by atoms with Gasteiger partial charge in [0.05, 0.1) is 24.9 Å². The van der Waals surface area contributed by atoms with E-state index >= 15 is 0 Å². The lowest BCUT2D eigenvalue weighted by atomic mass is 9.93. The van der Waals surface area contributed by atoms with Crippen molar-refractivity contribution in [1.29, 1.82) is 0 Å². The van der Waals surface area contributed by atoms with Gasteiger partial charge in [-0.05, 0) is 31.9 Å². The number of rotatable bonds is 10. The van der Waals surface area contributed by atoms with Gasteiger partial charge in [0.25, 0.3) is 5.91 Å². The maximum atomic E-state index is 13.1. The number of carbonyl (C=O) groups is 1. The van der Waals surface area contributed by atoms with E-state index in [2.05, 4.69) is 22.5 Å². The monoisotopic (exact) mass is 435 g/mol. The van der Waals surface area contributed by atoms with Gasteiger partial charge in [0.15, 0.2) is 11.5 Å². The molecule has 1 fully saturated rings. The fourth-order valence-corrected chi connectivity index (χ4v) is 4.05. The van der Waals surface area contributed by atoms with Gasteiger partial charge in [0, 0.05) is 56.9 Å². The van der Waals surface area contributed by atoms with Crippen LogP contribution in [0, 0.1) is 5.92 Å². The Labute approximate surface area is 184 Å². The van der Waals surface area contributed by atoms with E-state index in [-0.39, 0.29) is 18.4 Å². The highest BCUT2D eigenvalue weighted by atomic mass is 16.5. The second kappa shape index (κ2) is 12.1. The number of benzene rings is 1. The van der Waals surface area contributed by atoms with Crippen molar-refractivity contribution in [3.8, 4) is 11.5 Å². The van der Waals surface area contributed by atoms with Crippen LogP contribution in [0.15, 0.2) is 12.1 Å². The first-order valence-electron chi connectivity index (χ1n) is 11.6. The molecule has 2 atom stereocenters. The van der Waals surface area contributed by atoms with Crippen LogP contribution in [-0.4, -0.2) is 79.7 Å². The smallest absolute Gasteiger partial charge is 0.255 e. The van der Waals surface area contributed by atoms with Gasteiger partial charge in [-0.1, -0.05) is 13.3 Å². The number of amides is 1. The Morgan fingerprint density at radius 2 is 2.10 bits per heavy atom. The molecule has 2 heterocycles. The lowest BCUT2D eigenvalue weighted by molar-refractivity contribution is 0.0201. The Kier molecular flexibility index (Phi) is 9.24. The van der Waals surface area contributed by atoms with Crippen molar-refractivity contribution in [2.45, 2.75) is 45.1 Å². The van der Waals surface area contributed by atoms with Crippen LogP contribution in [0.25, 0.3) is 0 Å². The molecular formula is C23H37N3O5. The molecule has 3 rings (SSSR count). The molecule has 0 aromatic heterocycles. The highest BCUT2D eigenvalue weighted by Gasteiger charge is 2.28. The highest BCUT2D eigenvalue weighted by Crippen LogP contribution is 2.36. The van der Waals surface area contributed by atoms with Gasteiger partial charge in [0.2, 0.25) is 0 Å². The topological polar surface area (TPSA) is 103 Å². The average Bonchev–Trinajstić information content (AvgIpc) is 3.02. The van der Waals surface area contributed by atoms with E-state index in [4.69, 9.17) is 14.6 Å². The zero-order valence-electron chi connectivity index (χ0n) is 18.6. The number of likely N-dealkylation sites (tertiary alicyclic amines) is 1. The Morgan fingerprint density at radius 3 is 2.87 bits per heavy atom. The summed E-state index contributed by atoms with van der Waals surface area (Å²) >= 11 is 0. The number of aliphatic hydroxyl groups is 2. The normalized spacial score (nSPS) is 21.4. The second-order valence-corrected chi connectivity index (χ2v) is 8.39. The number of hydrogen-bond donors (Lipinski definition) is 4. The van der Waals surface area contributed by atoms with Gasteiger partial charge in [-0.2, -0.15) is 0 Å². The number of anilines is 1. The van der Waals surface area contributed by atoms with Crippen LogP contribution in [-0.2, 0) is 0 Å². The molecule has 31 heavy (non-hydrogen) atoms. The highest BCUT2D eigenvalue weighted by molar-refractivity contribution is 5.99. The van der Waals surface area contributed by atoms with E-state index in [1.165, 1.54) is 0 Å². The zero-order valence-corrected chi connectivity index (χ0v) is 18.6. The number of fused-ring (bicyclic) bond motifs is 1. The molecule has 0 radical (unpaired) electrons. The molecule has 0 saturated carbocycles. The van der Waals surface area contributed by atoms with Crippen LogP contribution in [0.4, 0.5) is 5.69 Å². The predicted octanol–water partition coefficient (Wildman–Crippen LogP) is 1.85. The number of carbonyl (C=O) groups excluding carboxylic acids is 1. The number of nitrogens with zero attached hydrogens (tertiary/aromatic N) is 1. The molecule has 174 valence electrons. The number of β-amino-alcohol motifs (C(OH)–C–C–N with tert-alkyl or cyclic N) is 1. The first-order chi connectivity index (χ1) is 15.1. The molecule has 1 aromatic carbocycles. The summed E-state index contributed by atoms with van der Waals surface area (Å²) in [4.78, 5) is 15.2. The number of unbranched alkanes of at least 4 members (excludes halogenated alkanes) is 1. The molecule has 0 unspecified atom stereocenters. The molecule has 0 aliphatic carbocycles. The number of ether oxygens (including phenoxy) is 2. The molecule has 1 amide bonds. The molecule has 0 bridgehead atoms. The fourth-order valence-electron chi connectivity index (χ4n) is 4.05. The summed E-state index contributed by atoms with van der Waals surface area (Å²) in [6.07, 6.45) is 3.94. The minimum atomic E-state index is -0.494. The maximum absolute atomic E-state index is 13.1. The van der Waals surface area contributed by atoms with E-state index in [0.717, 1.165) is 51.0 Å². The van der Waals surface area contributed by atoms with Gasteiger partial charge in [-0.25, -0.2) is 0 Å². The molecule has 8 nitrogen and oxygen atoms in total. The van der Waals surface area contributed by atoms with Gasteiger partial charge < -0.3 is 35.2 Å². The third-order valence-electron chi connectivity index (χ3n) is 5.91. The third kappa shape index (κ3) is 6.72. The van der Waals surface area contributed by atoms with Gasteiger partial charge in [-0.3, -0.25) is 4.79 Å². The van der Waals surface area contributed by atoms with Crippen molar-refractivity contribution in [1.82, 2.24) is 10.2 Å². The van der Waals surface area contributed by atoms with Crippen LogP contribution in [0.2, 0.25) is 0 Å². The van der Waals surface area contributed by atoms with Gasteiger partial charge in [-0.15, -0.1) is 0 Å². The minimum absolute atomic E-state index is 0.0101. The third-order valence-corrected chi connectivity index (χ3v) is 5.91. The van der Waals surface area contributed by atoms with Crippen LogP contribution in [0.1, 0.15) is 49.4 Å². The van der Waals surface area contributed by atoms with Crippen LogP contribution < -0.4 is 20.1 Å². The second-order valence-electron chi connectivity index (χ2n) is 8.39. The SMILES string of the molecule is CCCCNc1cc2c(c(C(=O)NC[C@@H]3CCN(CCCO)C[C@H]3O)c1)OCCCO2. The maximum Gasteiger partial charge on any atom is 0.255 e. The summed E-state index contributed by atoms with van der Waals surface area (Å²) < 4.78 is 11.7. The number of hydrogen-bond acceptors (Lipinski definition) is 7. The van der Waals surface area contributed by atoms with Crippen molar-refractivity contribution in [2.24, 2.45) is 5.92 Å². The Morgan fingerprint density at radius 1 is 1.26 bits per heavy atom. The summed E-state index contributed by atoms with van der Waals surface area (Å²) in [6, 6.07) is 3.73. The fraction of sp³-hybridized carbons (Fsp3) is 0.696. The summed E-state index contributed by atoms with van der Waals surface area (Å²) in [7, 11) is 0. The van der Waals surface area contributed by atoms with E-state index in [1.54, 1.807) is 0 Å². The first-order valence-corrected chi connectivity index (χ1v) is 11.6. The van der Waals surface area contributed by atoms with Gasteiger partial charge >= 0.3 is 0 Å². The predicted molar refractivity (Wildman–Crippen MR) is 120 cm³/mol. The Hall–Kier alpha value is -2.03. The van der Waals surface area contributed by atoms with Crippen molar-refractivity contribution in [2.75, 3.05) is 57.9 Å². The molecular weight excluding hydrogens is 398 g/mol. The number of piperidine rings is 1. The summed E-state index contributed by atoms with van der Waals surface area (Å²) in [6.45, 7) is 6.84. The number of nitrogens with one attached hydrogen (secondary N) is 2. The van der Waals surface area contributed by atoms with Crippen LogP contribution in [0.5, 0.6) is 11.5 Å². The van der Waals surface area contributed by atoms with Gasteiger partial charge in [0.1, 0.15) is 0 Å². The standard InChI is InChI=1S/C23H37N3O5/c1-2-3-7-24-18-13-19(22-21(14-18)30-11-5-12-31-22)23(29)25-15-17-6-9-26(8-4-10-27)16-20(17)28/h13-14,17,20,24,27-28H,2-12,15-16H2,1H3,(H,25,29)/t17-,20+/m0/s1. The van der Waals surface area contributed by atoms with Crippen molar-refractivity contribution in [3.05, 3.63) is 17.7 Å². The largest absolute Gasteiger partial charge is 0.489 e. The lowest BCUT2D eigenvalue weighted by Gasteiger charge is -2.36. The molecule has 2 aliphatic heterocycles. The average molecular weight is 436 g/mol. The van der Waals surface area contributed by atoms with Crippen molar-refractivity contribution in [3.63, 3.8) is 0 Å². The Balaban J connectivity index is 1.64. The molecule has 0 spiro atoms. The first kappa shape index (κ1) is 23.6. The van der Waals surface area contributed by atoms with E-state index in [9.17, 15) is 9.90 Å². The van der Waals surface area contributed by atoms with Crippen LogP contribution >= 0.6 is 0 Å². The summed E-state index contributed by atoms with van der Waals surface area (Å²) in [5.41, 5.74) is 1.31. The molecule has 2 aliphatic rings. The zero-order chi connectivity index (χ0) is 22.1. The molecule has 4 N–H and O–H groups in total. The summed E-state index contributed by atoms with van der Waals surface area (Å²) in [5, 5.41) is 25.9. The van der Waals surface area contributed by atoms with E-state index < -0.39 is 6.10 Å². The number of aliphatic hydroxyl groups excluding tert-OH is 2. The quantitative estimate of drug-likeness (QED) is 0.416. The van der Waals surface area contributed by atoms with Crippen LogP contribution in [0.3, 0.4) is 0 Å². The minimum Gasteiger partial charge on any atom is -0.489 e. The Bertz CT molecular complexity index is 715. The van der Waals surface area contributed by atoms with Crippen molar-refractivity contribution >= 4 is 11.6 Å². The molecule has 8 heteroatoms.